The van der Waals surface area contributed by atoms with Crippen molar-refractivity contribution in [2.45, 2.75) is 44.2 Å². The first-order valence-corrected chi connectivity index (χ1v) is 8.74. The molecule has 0 amide bonds. The Hall–Kier alpha value is -1.37. The van der Waals surface area contributed by atoms with Gasteiger partial charge in [-0.3, -0.25) is 0 Å². The zero-order valence-electron chi connectivity index (χ0n) is 12.8. The Bertz CT molecular complexity index is 636. The second-order valence-electron chi connectivity index (χ2n) is 5.93. The highest BCUT2D eigenvalue weighted by molar-refractivity contribution is 7.11. The average molecular weight is 338 g/mol. The van der Waals surface area contributed by atoms with Gasteiger partial charge in [-0.05, 0) is 25.0 Å². The topological polar surface area (TPSA) is 45.1 Å². The van der Waals surface area contributed by atoms with Crippen LogP contribution in [0.5, 0.6) is 0 Å². The highest BCUT2D eigenvalue weighted by Gasteiger charge is 2.20. The summed E-state index contributed by atoms with van der Waals surface area (Å²) in [4.78, 5) is 5.56. The summed E-state index contributed by atoms with van der Waals surface area (Å²) in [5, 5.41) is 14.2. The van der Waals surface area contributed by atoms with E-state index in [9.17, 15) is 13.9 Å². The van der Waals surface area contributed by atoms with Crippen molar-refractivity contribution < 1.29 is 13.9 Å². The fourth-order valence-corrected chi connectivity index (χ4v) is 4.09. The second kappa shape index (κ2) is 7.47. The summed E-state index contributed by atoms with van der Waals surface area (Å²) < 4.78 is 27.2. The van der Waals surface area contributed by atoms with E-state index in [-0.39, 0.29) is 12.1 Å². The minimum absolute atomic E-state index is 0.0918. The van der Waals surface area contributed by atoms with E-state index < -0.39 is 17.7 Å². The Morgan fingerprint density at radius 1 is 1.26 bits per heavy atom. The van der Waals surface area contributed by atoms with E-state index in [1.807, 2.05) is 6.20 Å². The first-order chi connectivity index (χ1) is 11.1. The fraction of sp³-hybridized carbons (Fsp3) is 0.471. The van der Waals surface area contributed by atoms with Gasteiger partial charge in [0.15, 0.2) is 0 Å². The van der Waals surface area contributed by atoms with Crippen LogP contribution in [-0.4, -0.2) is 16.6 Å². The number of thiazole rings is 1. The molecule has 2 aromatic rings. The van der Waals surface area contributed by atoms with Crippen LogP contribution < -0.4 is 5.32 Å². The quantitative estimate of drug-likeness (QED) is 0.839. The molecule has 1 aliphatic carbocycles. The number of hydrogen-bond acceptors (Lipinski definition) is 4. The molecule has 0 spiro atoms. The molecule has 1 aromatic carbocycles. The third-order valence-corrected chi connectivity index (χ3v) is 5.41. The number of nitrogens with one attached hydrogen (secondary N) is 1. The predicted octanol–water partition coefficient (Wildman–Crippen LogP) is 3.90. The van der Waals surface area contributed by atoms with Gasteiger partial charge >= 0.3 is 0 Å². The molecule has 1 atom stereocenters. The van der Waals surface area contributed by atoms with Crippen LogP contribution >= 0.6 is 11.3 Å². The Kier molecular flexibility index (Phi) is 5.35. The number of aromatic nitrogens is 1. The number of aliphatic hydroxyl groups excluding tert-OH is 1. The maximum Gasteiger partial charge on any atom is 0.131 e. The number of halogens is 2. The lowest BCUT2D eigenvalue weighted by Gasteiger charge is -2.13. The number of hydrogen-bond donors (Lipinski definition) is 2. The first-order valence-electron chi connectivity index (χ1n) is 7.92. The van der Waals surface area contributed by atoms with Crippen LogP contribution in [-0.2, 0) is 6.54 Å². The molecule has 1 heterocycles. The Morgan fingerprint density at radius 3 is 2.65 bits per heavy atom. The standard InChI is InChI=1S/C17H20F2N2OS/c18-13-6-3-7-14(19)16(13)15(22)10-20-8-12-9-21-17(23-12)11-4-1-2-5-11/h3,6-7,9,11,15,20,22H,1-2,4-5,8,10H2. The molecular formula is C17H20F2N2OS. The molecule has 1 aliphatic rings. The van der Waals surface area contributed by atoms with Crippen LogP contribution in [0.2, 0.25) is 0 Å². The van der Waals surface area contributed by atoms with Gasteiger partial charge in [-0.15, -0.1) is 11.3 Å². The number of aliphatic hydroxyl groups is 1. The second-order valence-corrected chi connectivity index (χ2v) is 7.08. The van der Waals surface area contributed by atoms with Crippen molar-refractivity contribution in [2.75, 3.05) is 6.54 Å². The van der Waals surface area contributed by atoms with Gasteiger partial charge in [-0.1, -0.05) is 18.9 Å². The van der Waals surface area contributed by atoms with Crippen molar-refractivity contribution in [3.63, 3.8) is 0 Å². The maximum atomic E-state index is 13.6. The van der Waals surface area contributed by atoms with Gasteiger partial charge in [0.25, 0.3) is 0 Å². The van der Waals surface area contributed by atoms with Gasteiger partial charge in [-0.25, -0.2) is 13.8 Å². The van der Waals surface area contributed by atoms with E-state index in [2.05, 4.69) is 10.3 Å². The normalized spacial score (nSPS) is 16.8. The molecule has 1 unspecified atom stereocenters. The van der Waals surface area contributed by atoms with Crippen LogP contribution in [0.25, 0.3) is 0 Å². The third kappa shape index (κ3) is 3.94. The smallest absolute Gasteiger partial charge is 0.131 e. The van der Waals surface area contributed by atoms with Crippen molar-refractivity contribution in [1.29, 1.82) is 0 Å². The summed E-state index contributed by atoms with van der Waals surface area (Å²) in [6.45, 7) is 0.631. The molecule has 0 radical (unpaired) electrons. The first kappa shape index (κ1) is 16.5. The van der Waals surface area contributed by atoms with Crippen molar-refractivity contribution in [1.82, 2.24) is 10.3 Å². The third-order valence-electron chi connectivity index (χ3n) is 4.25. The van der Waals surface area contributed by atoms with Crippen LogP contribution in [0, 0.1) is 11.6 Å². The molecule has 0 saturated heterocycles. The number of nitrogens with zero attached hydrogens (tertiary/aromatic N) is 1. The van der Waals surface area contributed by atoms with Gasteiger partial charge in [-0.2, -0.15) is 0 Å². The minimum atomic E-state index is -1.21. The summed E-state index contributed by atoms with van der Waals surface area (Å²) in [6, 6.07) is 3.59. The molecule has 124 valence electrons. The van der Waals surface area contributed by atoms with Crippen molar-refractivity contribution in [3.05, 3.63) is 51.5 Å². The summed E-state index contributed by atoms with van der Waals surface area (Å²) in [5.41, 5.74) is -0.282. The Labute approximate surface area is 138 Å². The van der Waals surface area contributed by atoms with Crippen molar-refractivity contribution in [2.24, 2.45) is 0 Å². The highest BCUT2D eigenvalue weighted by atomic mass is 32.1. The minimum Gasteiger partial charge on any atom is -0.387 e. The lowest BCUT2D eigenvalue weighted by molar-refractivity contribution is 0.165. The zero-order valence-corrected chi connectivity index (χ0v) is 13.6. The van der Waals surface area contributed by atoms with Crippen LogP contribution in [0.15, 0.2) is 24.4 Å². The molecule has 6 heteroatoms. The van der Waals surface area contributed by atoms with Crippen molar-refractivity contribution >= 4 is 11.3 Å². The van der Waals surface area contributed by atoms with Crippen LogP contribution in [0.4, 0.5) is 8.78 Å². The van der Waals surface area contributed by atoms with E-state index >= 15 is 0 Å². The largest absolute Gasteiger partial charge is 0.387 e. The Morgan fingerprint density at radius 2 is 1.96 bits per heavy atom. The van der Waals surface area contributed by atoms with E-state index in [0.29, 0.717) is 12.5 Å². The lowest BCUT2D eigenvalue weighted by atomic mass is 10.1. The van der Waals surface area contributed by atoms with Gasteiger partial charge in [0.1, 0.15) is 11.6 Å². The molecule has 1 aromatic heterocycles. The van der Waals surface area contributed by atoms with Crippen LogP contribution in [0.1, 0.15) is 53.2 Å². The number of benzene rings is 1. The maximum absolute atomic E-state index is 13.6. The molecule has 3 nitrogen and oxygen atoms in total. The van der Waals surface area contributed by atoms with Gasteiger partial charge in [0, 0.05) is 30.1 Å². The van der Waals surface area contributed by atoms with Gasteiger partial charge < -0.3 is 10.4 Å². The monoisotopic (exact) mass is 338 g/mol. The molecule has 0 aliphatic heterocycles. The highest BCUT2D eigenvalue weighted by Crippen LogP contribution is 2.36. The molecular weight excluding hydrogens is 318 g/mol. The summed E-state index contributed by atoms with van der Waals surface area (Å²) in [5.74, 6) is -0.854. The predicted molar refractivity (Wildman–Crippen MR) is 86.3 cm³/mol. The summed E-state index contributed by atoms with van der Waals surface area (Å²) >= 11 is 1.68. The molecule has 2 N–H and O–H groups in total. The van der Waals surface area contributed by atoms with E-state index in [0.717, 1.165) is 17.0 Å². The molecule has 3 rings (SSSR count). The lowest BCUT2D eigenvalue weighted by Crippen LogP contribution is -2.22. The van der Waals surface area contributed by atoms with Gasteiger partial charge in [0.2, 0.25) is 0 Å². The summed E-state index contributed by atoms with van der Waals surface area (Å²) in [7, 11) is 0. The average Bonchev–Trinajstić information content (AvgIpc) is 3.18. The fourth-order valence-electron chi connectivity index (χ4n) is 3.03. The molecule has 23 heavy (non-hydrogen) atoms. The van der Waals surface area contributed by atoms with E-state index in [1.54, 1.807) is 11.3 Å². The Balaban J connectivity index is 1.53. The SMILES string of the molecule is OC(CNCc1cnc(C2CCCC2)s1)c1c(F)cccc1F. The van der Waals surface area contributed by atoms with E-state index in [1.165, 1.54) is 36.8 Å². The van der Waals surface area contributed by atoms with E-state index in [4.69, 9.17) is 0 Å². The molecule has 0 bridgehead atoms. The van der Waals surface area contributed by atoms with Crippen molar-refractivity contribution in [3.8, 4) is 0 Å². The molecule has 1 fully saturated rings. The van der Waals surface area contributed by atoms with Crippen LogP contribution in [0.3, 0.4) is 0 Å². The summed E-state index contributed by atoms with van der Waals surface area (Å²) in [6.07, 6.45) is 5.62. The molecule has 1 saturated carbocycles. The number of rotatable bonds is 6. The zero-order chi connectivity index (χ0) is 16.2. The van der Waals surface area contributed by atoms with Gasteiger partial charge in [0.05, 0.1) is 16.7 Å².